The van der Waals surface area contributed by atoms with Crippen molar-refractivity contribution in [2.24, 2.45) is 0 Å². The normalized spacial score (nSPS) is 20.6. The number of rotatable bonds is 3. The molecular formula is C17H19F2N3O2. The first-order valence-corrected chi connectivity index (χ1v) is 7.79. The Morgan fingerprint density at radius 3 is 2.75 bits per heavy atom. The number of carbonyl (C=O) groups is 1. The highest BCUT2D eigenvalue weighted by Crippen LogP contribution is 2.33. The van der Waals surface area contributed by atoms with Crippen LogP contribution in [0.15, 0.2) is 18.2 Å². The van der Waals surface area contributed by atoms with E-state index in [9.17, 15) is 18.7 Å². The Bertz CT molecular complexity index is 756. The summed E-state index contributed by atoms with van der Waals surface area (Å²) in [5, 5.41) is 16.9. The average molecular weight is 335 g/mol. The quantitative estimate of drug-likeness (QED) is 0.903. The van der Waals surface area contributed by atoms with E-state index in [0.717, 1.165) is 29.1 Å². The van der Waals surface area contributed by atoms with Crippen molar-refractivity contribution >= 4 is 5.91 Å². The lowest BCUT2D eigenvalue weighted by Crippen LogP contribution is -2.33. The van der Waals surface area contributed by atoms with E-state index in [1.807, 2.05) is 13.8 Å². The van der Waals surface area contributed by atoms with Gasteiger partial charge in [0.25, 0.3) is 0 Å². The van der Waals surface area contributed by atoms with E-state index in [0.29, 0.717) is 12.0 Å². The number of hydrogen-bond acceptors (Lipinski definition) is 3. The Morgan fingerprint density at radius 2 is 2.12 bits per heavy atom. The van der Waals surface area contributed by atoms with E-state index >= 15 is 0 Å². The summed E-state index contributed by atoms with van der Waals surface area (Å²) >= 11 is 0. The average Bonchev–Trinajstić information content (AvgIpc) is 3.07. The van der Waals surface area contributed by atoms with Crippen molar-refractivity contribution in [3.8, 4) is 0 Å². The minimum absolute atomic E-state index is 0.154. The number of β-amino-alcohol motifs (C(OH)–C–C–N with tert-alkyl or cyclic N) is 1. The van der Waals surface area contributed by atoms with Crippen LogP contribution in [0.3, 0.4) is 0 Å². The molecule has 0 bridgehead atoms. The first-order valence-electron chi connectivity index (χ1n) is 7.79. The minimum Gasteiger partial charge on any atom is -0.391 e. The van der Waals surface area contributed by atoms with Crippen LogP contribution in [0, 0.1) is 25.5 Å². The largest absolute Gasteiger partial charge is 0.391 e. The summed E-state index contributed by atoms with van der Waals surface area (Å²) in [5.74, 6) is -2.06. The van der Waals surface area contributed by atoms with E-state index in [-0.39, 0.29) is 18.9 Å². The lowest BCUT2D eigenvalue weighted by Gasteiger charge is -2.25. The van der Waals surface area contributed by atoms with Crippen molar-refractivity contribution in [3.05, 3.63) is 52.3 Å². The number of nitrogens with zero attached hydrogens (tertiary/aromatic N) is 2. The maximum absolute atomic E-state index is 13.5. The molecule has 0 unspecified atom stereocenters. The first kappa shape index (κ1) is 16.6. The molecule has 0 aliphatic carbocycles. The van der Waals surface area contributed by atoms with Crippen molar-refractivity contribution in [3.63, 3.8) is 0 Å². The zero-order chi connectivity index (χ0) is 17.4. The van der Waals surface area contributed by atoms with E-state index in [2.05, 4.69) is 10.2 Å². The minimum atomic E-state index is -0.956. The van der Waals surface area contributed by atoms with Crippen LogP contribution in [0.5, 0.6) is 0 Å². The standard InChI is InChI=1S/C17H19F2N3O2/c1-9-13(10(2)21-20-9)7-17(24)22-8-12(23)6-16(22)11-3-4-14(18)15(19)5-11/h3-5,12,16,23H,6-8H2,1-2H3,(H,20,21)/t12-,16+/m1/s1. The van der Waals surface area contributed by atoms with Crippen LogP contribution in [0.25, 0.3) is 0 Å². The molecule has 2 aromatic rings. The molecule has 1 aromatic heterocycles. The van der Waals surface area contributed by atoms with Gasteiger partial charge in [-0.05, 0) is 38.0 Å². The number of likely N-dealkylation sites (tertiary alicyclic amines) is 1. The Kier molecular flexibility index (Phi) is 4.36. The van der Waals surface area contributed by atoms with Gasteiger partial charge in [0.05, 0.1) is 24.3 Å². The second kappa shape index (κ2) is 6.32. The van der Waals surface area contributed by atoms with Crippen LogP contribution in [0.2, 0.25) is 0 Å². The molecule has 7 heteroatoms. The second-order valence-electron chi connectivity index (χ2n) is 6.21. The van der Waals surface area contributed by atoms with Gasteiger partial charge in [-0.1, -0.05) is 6.07 Å². The molecule has 24 heavy (non-hydrogen) atoms. The summed E-state index contributed by atoms with van der Waals surface area (Å²) in [5.41, 5.74) is 2.89. The van der Waals surface area contributed by atoms with E-state index in [1.54, 1.807) is 0 Å². The Morgan fingerprint density at radius 1 is 1.38 bits per heavy atom. The van der Waals surface area contributed by atoms with Gasteiger partial charge in [-0.3, -0.25) is 9.89 Å². The predicted octanol–water partition coefficient (Wildman–Crippen LogP) is 2.18. The molecule has 1 aliphatic rings. The Balaban J connectivity index is 1.84. The number of hydrogen-bond donors (Lipinski definition) is 2. The number of benzene rings is 1. The fourth-order valence-electron chi connectivity index (χ4n) is 3.21. The van der Waals surface area contributed by atoms with Gasteiger partial charge in [-0.2, -0.15) is 5.10 Å². The van der Waals surface area contributed by atoms with Crippen LogP contribution in [0.1, 0.15) is 35.0 Å². The second-order valence-corrected chi connectivity index (χ2v) is 6.21. The molecule has 2 N–H and O–H groups in total. The van der Waals surface area contributed by atoms with Crippen molar-refractivity contribution in [1.29, 1.82) is 0 Å². The maximum Gasteiger partial charge on any atom is 0.227 e. The zero-order valence-electron chi connectivity index (χ0n) is 13.5. The number of halogens is 2. The molecule has 1 amide bonds. The summed E-state index contributed by atoms with van der Waals surface area (Å²) in [6.07, 6.45) is -0.222. The number of aromatic nitrogens is 2. The molecule has 0 spiro atoms. The summed E-state index contributed by atoms with van der Waals surface area (Å²) in [6.45, 7) is 3.84. The highest BCUT2D eigenvalue weighted by atomic mass is 19.2. The van der Waals surface area contributed by atoms with Gasteiger partial charge in [0.2, 0.25) is 5.91 Å². The van der Waals surface area contributed by atoms with Crippen LogP contribution in [0.4, 0.5) is 8.78 Å². The van der Waals surface area contributed by atoms with Gasteiger partial charge in [0.15, 0.2) is 11.6 Å². The number of aliphatic hydroxyl groups is 1. The molecule has 1 fully saturated rings. The number of H-pyrrole nitrogens is 1. The topological polar surface area (TPSA) is 69.2 Å². The third kappa shape index (κ3) is 3.03. The Labute approximate surface area is 138 Å². The fraction of sp³-hybridized carbons (Fsp3) is 0.412. The van der Waals surface area contributed by atoms with Crippen LogP contribution < -0.4 is 0 Å². The summed E-state index contributed by atoms with van der Waals surface area (Å²) in [6, 6.07) is 3.13. The number of aliphatic hydroxyl groups excluding tert-OH is 1. The zero-order valence-corrected chi connectivity index (χ0v) is 13.5. The van der Waals surface area contributed by atoms with Gasteiger partial charge in [-0.25, -0.2) is 8.78 Å². The number of carbonyl (C=O) groups excluding carboxylic acids is 1. The smallest absolute Gasteiger partial charge is 0.227 e. The van der Waals surface area contributed by atoms with E-state index in [1.165, 1.54) is 11.0 Å². The molecule has 2 heterocycles. The lowest BCUT2D eigenvalue weighted by molar-refractivity contribution is -0.131. The van der Waals surface area contributed by atoms with Crippen LogP contribution in [-0.4, -0.2) is 38.8 Å². The van der Waals surface area contributed by atoms with Gasteiger partial charge in [-0.15, -0.1) is 0 Å². The highest BCUT2D eigenvalue weighted by molar-refractivity contribution is 5.80. The number of amides is 1. The monoisotopic (exact) mass is 335 g/mol. The number of nitrogens with one attached hydrogen (secondary N) is 1. The first-order chi connectivity index (χ1) is 11.4. The van der Waals surface area contributed by atoms with Crippen molar-refractivity contribution in [2.75, 3.05) is 6.54 Å². The van der Waals surface area contributed by atoms with E-state index < -0.39 is 23.8 Å². The fourth-order valence-corrected chi connectivity index (χ4v) is 3.21. The SMILES string of the molecule is Cc1n[nH]c(C)c1CC(=O)N1C[C@H](O)C[C@H]1c1ccc(F)c(F)c1. The third-order valence-electron chi connectivity index (χ3n) is 4.54. The summed E-state index contributed by atoms with van der Waals surface area (Å²) < 4.78 is 26.7. The molecule has 1 aliphatic heterocycles. The third-order valence-corrected chi connectivity index (χ3v) is 4.54. The summed E-state index contributed by atoms with van der Waals surface area (Å²) in [7, 11) is 0. The molecule has 0 saturated carbocycles. The van der Waals surface area contributed by atoms with Crippen LogP contribution in [-0.2, 0) is 11.2 Å². The summed E-state index contributed by atoms with van der Waals surface area (Å²) in [4.78, 5) is 14.2. The van der Waals surface area contributed by atoms with Crippen molar-refractivity contribution in [2.45, 2.75) is 38.8 Å². The lowest BCUT2D eigenvalue weighted by atomic mass is 10.0. The van der Waals surface area contributed by atoms with Gasteiger partial charge < -0.3 is 10.0 Å². The van der Waals surface area contributed by atoms with Crippen molar-refractivity contribution < 1.29 is 18.7 Å². The highest BCUT2D eigenvalue weighted by Gasteiger charge is 2.35. The van der Waals surface area contributed by atoms with Crippen LogP contribution >= 0.6 is 0 Å². The van der Waals surface area contributed by atoms with E-state index in [4.69, 9.17) is 0 Å². The van der Waals surface area contributed by atoms with Gasteiger partial charge >= 0.3 is 0 Å². The molecule has 2 atom stereocenters. The number of aryl methyl sites for hydroxylation is 2. The predicted molar refractivity (Wildman–Crippen MR) is 83.2 cm³/mol. The van der Waals surface area contributed by atoms with Gasteiger partial charge in [0, 0.05) is 17.8 Å². The van der Waals surface area contributed by atoms with Gasteiger partial charge in [0.1, 0.15) is 0 Å². The molecule has 3 rings (SSSR count). The Hall–Kier alpha value is -2.28. The molecule has 0 radical (unpaired) electrons. The molecule has 1 saturated heterocycles. The molecule has 1 aromatic carbocycles. The molecular weight excluding hydrogens is 316 g/mol. The number of aromatic amines is 1. The molecule has 128 valence electrons. The molecule has 5 nitrogen and oxygen atoms in total. The van der Waals surface area contributed by atoms with Crippen molar-refractivity contribution in [1.82, 2.24) is 15.1 Å². The maximum atomic E-state index is 13.5.